The Hall–Kier alpha value is -0.100. The van der Waals surface area contributed by atoms with Crippen LogP contribution in [0.4, 0.5) is 0 Å². The van der Waals surface area contributed by atoms with Crippen LogP contribution < -0.4 is 5.48 Å². The summed E-state index contributed by atoms with van der Waals surface area (Å²) in [5, 5.41) is 9.46. The van der Waals surface area contributed by atoms with Crippen molar-refractivity contribution in [3.05, 3.63) is 26.6 Å². The maximum atomic E-state index is 9.46. The average molecular weight is 325 g/mol. The molecule has 0 saturated carbocycles. The van der Waals surface area contributed by atoms with E-state index in [1.54, 1.807) is 0 Å². The molecule has 0 saturated heterocycles. The van der Waals surface area contributed by atoms with Crippen molar-refractivity contribution in [2.24, 2.45) is 0 Å². The number of benzene rings is 1. The number of phenols is 1. The molecule has 1 rings (SSSR count). The van der Waals surface area contributed by atoms with E-state index in [0.717, 1.165) is 5.56 Å². The molecule has 78 valence electrons. The summed E-state index contributed by atoms with van der Waals surface area (Å²) in [6, 6.07) is 3.68. The number of rotatable bonds is 4. The van der Waals surface area contributed by atoms with Crippen LogP contribution in [0.3, 0.4) is 0 Å². The lowest BCUT2D eigenvalue weighted by molar-refractivity contribution is 0.0463. The molecule has 0 aliphatic carbocycles. The highest BCUT2D eigenvalue weighted by molar-refractivity contribution is 9.11. The molecule has 0 radical (unpaired) electrons. The van der Waals surface area contributed by atoms with Gasteiger partial charge in [0.2, 0.25) is 0 Å². The van der Waals surface area contributed by atoms with Crippen molar-refractivity contribution >= 4 is 31.9 Å². The molecule has 0 amide bonds. The molecule has 1 aromatic carbocycles. The van der Waals surface area contributed by atoms with Crippen LogP contribution in [0, 0.1) is 0 Å². The minimum absolute atomic E-state index is 0.213. The second-order valence-corrected chi connectivity index (χ2v) is 4.37. The first-order chi connectivity index (χ1) is 6.65. The Balaban J connectivity index is 2.69. The Labute approximate surface area is 99.7 Å². The van der Waals surface area contributed by atoms with Gasteiger partial charge in [-0.15, -0.1) is 0 Å². The summed E-state index contributed by atoms with van der Waals surface area (Å²) in [7, 11) is 0. The number of halogens is 2. The molecule has 0 fully saturated rings. The zero-order valence-corrected chi connectivity index (χ0v) is 10.9. The summed E-state index contributed by atoms with van der Waals surface area (Å²) in [5.41, 5.74) is 3.83. The zero-order chi connectivity index (χ0) is 10.6. The number of hydrogen-bond acceptors (Lipinski definition) is 3. The predicted molar refractivity (Wildman–Crippen MR) is 62.0 cm³/mol. The van der Waals surface area contributed by atoms with Gasteiger partial charge in [0, 0.05) is 6.54 Å². The Bertz CT molecular complexity index is 295. The Morgan fingerprint density at radius 3 is 2.43 bits per heavy atom. The lowest BCUT2D eigenvalue weighted by Crippen LogP contribution is -2.13. The number of aromatic hydroxyl groups is 1. The number of phenolic OH excluding ortho intramolecular Hbond substituents is 1. The molecule has 1 aromatic rings. The fourth-order valence-corrected chi connectivity index (χ4v) is 2.24. The van der Waals surface area contributed by atoms with Crippen molar-refractivity contribution in [2.75, 3.05) is 6.61 Å². The average Bonchev–Trinajstić information content (AvgIpc) is 2.14. The van der Waals surface area contributed by atoms with Gasteiger partial charge in [0.1, 0.15) is 5.75 Å². The summed E-state index contributed by atoms with van der Waals surface area (Å²) in [6.07, 6.45) is 0. The smallest absolute Gasteiger partial charge is 0.143 e. The van der Waals surface area contributed by atoms with Crippen LogP contribution in [0.1, 0.15) is 12.5 Å². The molecular weight excluding hydrogens is 314 g/mol. The van der Waals surface area contributed by atoms with E-state index in [2.05, 4.69) is 37.3 Å². The minimum Gasteiger partial charge on any atom is -0.506 e. The van der Waals surface area contributed by atoms with Gasteiger partial charge in [-0.3, -0.25) is 0 Å². The van der Waals surface area contributed by atoms with E-state index in [9.17, 15) is 5.11 Å². The van der Waals surface area contributed by atoms with Gasteiger partial charge in [0.15, 0.2) is 0 Å². The Kier molecular flexibility index (Phi) is 4.88. The van der Waals surface area contributed by atoms with Crippen LogP contribution in [-0.2, 0) is 11.4 Å². The van der Waals surface area contributed by atoms with E-state index in [4.69, 9.17) is 4.84 Å². The molecule has 14 heavy (non-hydrogen) atoms. The lowest BCUT2D eigenvalue weighted by atomic mass is 10.2. The molecule has 0 spiro atoms. The molecule has 0 aliphatic heterocycles. The van der Waals surface area contributed by atoms with Gasteiger partial charge in [-0.25, -0.2) is 0 Å². The van der Waals surface area contributed by atoms with Crippen molar-refractivity contribution in [1.82, 2.24) is 5.48 Å². The molecule has 0 atom stereocenters. The summed E-state index contributed by atoms with van der Waals surface area (Å²) < 4.78 is 1.33. The van der Waals surface area contributed by atoms with Crippen LogP contribution in [-0.4, -0.2) is 11.7 Å². The van der Waals surface area contributed by atoms with E-state index in [1.165, 1.54) is 0 Å². The van der Waals surface area contributed by atoms with Gasteiger partial charge in [-0.2, -0.15) is 5.48 Å². The number of hydroxylamine groups is 1. The molecule has 5 heteroatoms. The van der Waals surface area contributed by atoms with Crippen LogP contribution in [0.25, 0.3) is 0 Å². The standard InChI is InChI=1S/C9H11Br2NO2/c1-2-14-12-5-6-3-7(10)9(13)8(11)4-6/h3-4,12-13H,2,5H2,1H3. The molecule has 0 unspecified atom stereocenters. The first kappa shape index (κ1) is 12.0. The second-order valence-electron chi connectivity index (χ2n) is 2.66. The van der Waals surface area contributed by atoms with Gasteiger partial charge in [0.25, 0.3) is 0 Å². The maximum absolute atomic E-state index is 9.46. The zero-order valence-electron chi connectivity index (χ0n) is 7.68. The molecular formula is C9H11Br2NO2. The first-order valence-electron chi connectivity index (χ1n) is 4.16. The van der Waals surface area contributed by atoms with Crippen LogP contribution in [0.15, 0.2) is 21.1 Å². The van der Waals surface area contributed by atoms with Crippen molar-refractivity contribution in [3.8, 4) is 5.75 Å². The molecule has 3 nitrogen and oxygen atoms in total. The Morgan fingerprint density at radius 1 is 1.36 bits per heavy atom. The SMILES string of the molecule is CCONCc1cc(Br)c(O)c(Br)c1. The van der Waals surface area contributed by atoms with Gasteiger partial charge in [-0.05, 0) is 56.5 Å². The van der Waals surface area contributed by atoms with E-state index < -0.39 is 0 Å². The van der Waals surface area contributed by atoms with Crippen LogP contribution in [0.5, 0.6) is 5.75 Å². The van der Waals surface area contributed by atoms with Crippen LogP contribution in [0.2, 0.25) is 0 Å². The highest BCUT2D eigenvalue weighted by atomic mass is 79.9. The maximum Gasteiger partial charge on any atom is 0.143 e. The highest BCUT2D eigenvalue weighted by Crippen LogP contribution is 2.33. The van der Waals surface area contributed by atoms with E-state index in [0.29, 0.717) is 22.1 Å². The van der Waals surface area contributed by atoms with Crippen molar-refractivity contribution in [1.29, 1.82) is 0 Å². The summed E-state index contributed by atoms with van der Waals surface area (Å²) in [5.74, 6) is 0.213. The van der Waals surface area contributed by atoms with Gasteiger partial charge in [-0.1, -0.05) is 0 Å². The van der Waals surface area contributed by atoms with E-state index in [-0.39, 0.29) is 5.75 Å². The third kappa shape index (κ3) is 3.24. The highest BCUT2D eigenvalue weighted by Gasteiger charge is 2.05. The quantitative estimate of drug-likeness (QED) is 0.661. The second kappa shape index (κ2) is 5.70. The first-order valence-corrected chi connectivity index (χ1v) is 5.75. The number of nitrogens with one attached hydrogen (secondary N) is 1. The molecule has 0 aromatic heterocycles. The number of hydrogen-bond donors (Lipinski definition) is 2. The van der Waals surface area contributed by atoms with Crippen LogP contribution >= 0.6 is 31.9 Å². The third-order valence-electron chi connectivity index (χ3n) is 1.60. The summed E-state index contributed by atoms with van der Waals surface area (Å²) in [4.78, 5) is 5.00. The largest absolute Gasteiger partial charge is 0.506 e. The monoisotopic (exact) mass is 323 g/mol. The van der Waals surface area contributed by atoms with Crippen molar-refractivity contribution in [2.45, 2.75) is 13.5 Å². The molecule has 0 aliphatic rings. The topological polar surface area (TPSA) is 41.5 Å². The van der Waals surface area contributed by atoms with Crippen molar-refractivity contribution < 1.29 is 9.94 Å². The summed E-state index contributed by atoms with van der Waals surface area (Å²) >= 11 is 6.51. The van der Waals surface area contributed by atoms with Gasteiger partial charge >= 0.3 is 0 Å². The minimum atomic E-state index is 0.213. The van der Waals surface area contributed by atoms with Gasteiger partial charge in [0.05, 0.1) is 15.6 Å². The fourth-order valence-electron chi connectivity index (χ4n) is 0.956. The Morgan fingerprint density at radius 2 is 1.93 bits per heavy atom. The molecule has 2 N–H and O–H groups in total. The molecule has 0 heterocycles. The van der Waals surface area contributed by atoms with Crippen molar-refractivity contribution in [3.63, 3.8) is 0 Å². The summed E-state index contributed by atoms with van der Waals surface area (Å²) in [6.45, 7) is 3.14. The van der Waals surface area contributed by atoms with Gasteiger partial charge < -0.3 is 9.94 Å². The lowest BCUT2D eigenvalue weighted by Gasteiger charge is -2.06. The molecule has 0 bridgehead atoms. The van der Waals surface area contributed by atoms with E-state index in [1.807, 2.05) is 19.1 Å². The normalized spacial score (nSPS) is 10.5. The van der Waals surface area contributed by atoms with E-state index >= 15 is 0 Å². The third-order valence-corrected chi connectivity index (χ3v) is 2.81. The predicted octanol–water partition coefficient (Wildman–Crippen LogP) is 2.96. The fraction of sp³-hybridized carbons (Fsp3) is 0.333.